The smallest absolute Gasteiger partial charge is 0.320 e. The Labute approximate surface area is 139 Å². The number of urea groups is 1. The molecule has 0 aromatic heterocycles. The molecule has 0 radical (unpaired) electrons. The summed E-state index contributed by atoms with van der Waals surface area (Å²) < 4.78 is 0. The quantitative estimate of drug-likeness (QED) is 0.814. The van der Waals surface area contributed by atoms with Gasteiger partial charge in [-0.2, -0.15) is 0 Å². The van der Waals surface area contributed by atoms with Gasteiger partial charge < -0.3 is 20.9 Å². The Hall–Kier alpha value is -1.01. The van der Waals surface area contributed by atoms with Crippen molar-refractivity contribution in [2.45, 2.75) is 45.1 Å². The standard InChI is InChI=1S/C15H28N4O2.ClH/c1-15(2,11-16)17-13(20)12-6-5-9-19(10-12)14(21)18-7-3-4-8-18;/h12H,3-11,16H2,1-2H3,(H,17,20);1H. The van der Waals surface area contributed by atoms with E-state index in [4.69, 9.17) is 5.73 Å². The molecule has 128 valence electrons. The number of carbonyl (C=O) groups is 2. The number of nitrogens with one attached hydrogen (secondary N) is 1. The Balaban J connectivity index is 0.00000242. The van der Waals surface area contributed by atoms with Crippen LogP contribution in [0, 0.1) is 5.92 Å². The van der Waals surface area contributed by atoms with Gasteiger partial charge in [-0.25, -0.2) is 4.79 Å². The Morgan fingerprint density at radius 2 is 1.73 bits per heavy atom. The number of rotatable bonds is 3. The van der Waals surface area contributed by atoms with E-state index in [0.29, 0.717) is 13.1 Å². The molecule has 1 unspecified atom stereocenters. The molecule has 6 nitrogen and oxygen atoms in total. The van der Waals surface area contributed by atoms with E-state index in [1.807, 2.05) is 23.6 Å². The summed E-state index contributed by atoms with van der Waals surface area (Å²) in [4.78, 5) is 28.5. The van der Waals surface area contributed by atoms with Gasteiger partial charge in [0.15, 0.2) is 0 Å². The molecule has 22 heavy (non-hydrogen) atoms. The molecule has 0 bridgehead atoms. The van der Waals surface area contributed by atoms with Crippen molar-refractivity contribution in [3.8, 4) is 0 Å². The van der Waals surface area contributed by atoms with Crippen LogP contribution in [0.2, 0.25) is 0 Å². The minimum atomic E-state index is -0.391. The van der Waals surface area contributed by atoms with Crippen molar-refractivity contribution in [1.29, 1.82) is 0 Å². The van der Waals surface area contributed by atoms with Gasteiger partial charge in [0.05, 0.1) is 5.92 Å². The van der Waals surface area contributed by atoms with Crippen LogP contribution in [0.4, 0.5) is 4.79 Å². The first-order valence-corrected chi connectivity index (χ1v) is 7.99. The highest BCUT2D eigenvalue weighted by Crippen LogP contribution is 2.20. The van der Waals surface area contributed by atoms with Gasteiger partial charge in [-0.3, -0.25) is 4.79 Å². The number of piperidine rings is 1. The molecule has 0 spiro atoms. The van der Waals surface area contributed by atoms with Crippen LogP contribution in [-0.4, -0.2) is 60.0 Å². The van der Waals surface area contributed by atoms with Gasteiger partial charge in [0.1, 0.15) is 0 Å². The van der Waals surface area contributed by atoms with E-state index in [9.17, 15) is 9.59 Å². The molecule has 0 aromatic rings. The summed E-state index contributed by atoms with van der Waals surface area (Å²) in [6.45, 7) is 7.24. The molecular weight excluding hydrogens is 304 g/mol. The molecule has 7 heteroatoms. The Bertz CT molecular complexity index is 397. The maximum Gasteiger partial charge on any atom is 0.320 e. The number of carbonyl (C=O) groups excluding carboxylic acids is 2. The van der Waals surface area contributed by atoms with Crippen molar-refractivity contribution >= 4 is 24.3 Å². The summed E-state index contributed by atoms with van der Waals surface area (Å²) in [7, 11) is 0. The third-order valence-corrected chi connectivity index (χ3v) is 4.41. The van der Waals surface area contributed by atoms with Crippen LogP contribution in [-0.2, 0) is 4.79 Å². The summed E-state index contributed by atoms with van der Waals surface area (Å²) >= 11 is 0. The maximum absolute atomic E-state index is 12.4. The van der Waals surface area contributed by atoms with Gasteiger partial charge in [-0.15, -0.1) is 12.4 Å². The largest absolute Gasteiger partial charge is 0.350 e. The average molecular weight is 333 g/mol. The van der Waals surface area contributed by atoms with Gasteiger partial charge in [0.25, 0.3) is 0 Å². The molecule has 0 aromatic carbocycles. The van der Waals surface area contributed by atoms with E-state index < -0.39 is 5.54 Å². The molecule has 2 heterocycles. The lowest BCUT2D eigenvalue weighted by molar-refractivity contribution is -0.127. The summed E-state index contributed by atoms with van der Waals surface area (Å²) in [6, 6.07) is 0.100. The fourth-order valence-electron chi connectivity index (χ4n) is 2.96. The van der Waals surface area contributed by atoms with Crippen molar-refractivity contribution in [1.82, 2.24) is 15.1 Å². The average Bonchev–Trinajstić information content (AvgIpc) is 3.00. The van der Waals surface area contributed by atoms with Crippen LogP contribution in [0.5, 0.6) is 0 Å². The molecule has 3 N–H and O–H groups in total. The summed E-state index contributed by atoms with van der Waals surface area (Å²) in [5.74, 6) is -0.0968. The Morgan fingerprint density at radius 3 is 2.32 bits per heavy atom. The van der Waals surface area contributed by atoms with E-state index in [1.165, 1.54) is 0 Å². The molecule has 2 fully saturated rings. The molecule has 2 aliphatic rings. The molecule has 2 rings (SSSR count). The van der Waals surface area contributed by atoms with Gasteiger partial charge in [0, 0.05) is 38.3 Å². The Kier molecular flexibility index (Phi) is 6.94. The zero-order valence-electron chi connectivity index (χ0n) is 13.6. The number of hydrogen-bond donors (Lipinski definition) is 2. The molecule has 0 aliphatic carbocycles. The third-order valence-electron chi connectivity index (χ3n) is 4.41. The molecular formula is C15H29ClN4O2. The van der Waals surface area contributed by atoms with Crippen LogP contribution in [0.3, 0.4) is 0 Å². The topological polar surface area (TPSA) is 78.7 Å². The van der Waals surface area contributed by atoms with Gasteiger partial charge in [-0.1, -0.05) is 0 Å². The fraction of sp³-hybridized carbons (Fsp3) is 0.867. The number of amides is 3. The summed E-state index contributed by atoms with van der Waals surface area (Å²) in [5, 5.41) is 2.99. The second-order valence-corrected chi connectivity index (χ2v) is 6.84. The molecule has 0 saturated carbocycles. The molecule has 1 atom stereocenters. The predicted octanol–water partition coefficient (Wildman–Crippen LogP) is 1.19. The van der Waals surface area contributed by atoms with Crippen LogP contribution in [0.1, 0.15) is 39.5 Å². The van der Waals surface area contributed by atoms with Crippen molar-refractivity contribution in [2.75, 3.05) is 32.7 Å². The molecule has 3 amide bonds. The third kappa shape index (κ3) is 4.74. The number of hydrogen-bond acceptors (Lipinski definition) is 3. The minimum Gasteiger partial charge on any atom is -0.350 e. The van der Waals surface area contributed by atoms with Crippen LogP contribution < -0.4 is 11.1 Å². The first-order valence-electron chi connectivity index (χ1n) is 7.99. The van der Waals surface area contributed by atoms with Crippen molar-refractivity contribution in [2.24, 2.45) is 11.7 Å². The zero-order chi connectivity index (χ0) is 15.5. The lowest BCUT2D eigenvalue weighted by atomic mass is 9.95. The van der Waals surface area contributed by atoms with Gasteiger partial charge in [-0.05, 0) is 39.5 Å². The maximum atomic E-state index is 12.4. The fourth-order valence-corrected chi connectivity index (χ4v) is 2.96. The van der Waals surface area contributed by atoms with E-state index in [0.717, 1.165) is 45.3 Å². The monoisotopic (exact) mass is 332 g/mol. The first-order chi connectivity index (χ1) is 9.93. The van der Waals surface area contributed by atoms with Crippen molar-refractivity contribution in [3.63, 3.8) is 0 Å². The summed E-state index contributed by atoms with van der Waals surface area (Å²) in [5.41, 5.74) is 5.27. The zero-order valence-corrected chi connectivity index (χ0v) is 14.5. The highest BCUT2D eigenvalue weighted by atomic mass is 35.5. The SMILES string of the molecule is CC(C)(CN)NC(=O)C1CCCN(C(=O)N2CCCC2)C1.Cl. The number of nitrogens with two attached hydrogens (primary N) is 1. The van der Waals surface area contributed by atoms with Crippen molar-refractivity contribution in [3.05, 3.63) is 0 Å². The normalized spacial score (nSPS) is 22.2. The first kappa shape index (κ1) is 19.0. The van der Waals surface area contributed by atoms with Gasteiger partial charge >= 0.3 is 6.03 Å². The Morgan fingerprint density at radius 1 is 1.14 bits per heavy atom. The lowest BCUT2D eigenvalue weighted by Gasteiger charge is -2.36. The van der Waals surface area contributed by atoms with Gasteiger partial charge in [0.2, 0.25) is 5.91 Å². The minimum absolute atomic E-state index is 0. The van der Waals surface area contributed by atoms with E-state index in [-0.39, 0.29) is 30.3 Å². The number of nitrogens with zero attached hydrogens (tertiary/aromatic N) is 2. The van der Waals surface area contributed by atoms with Crippen LogP contribution in [0.15, 0.2) is 0 Å². The highest BCUT2D eigenvalue weighted by molar-refractivity contribution is 5.85. The lowest BCUT2D eigenvalue weighted by Crippen LogP contribution is -2.54. The van der Waals surface area contributed by atoms with E-state index in [2.05, 4.69) is 5.32 Å². The second kappa shape index (κ2) is 8.02. The van der Waals surface area contributed by atoms with Crippen molar-refractivity contribution < 1.29 is 9.59 Å². The number of likely N-dealkylation sites (tertiary alicyclic amines) is 2. The van der Waals surface area contributed by atoms with Crippen LogP contribution >= 0.6 is 12.4 Å². The highest BCUT2D eigenvalue weighted by Gasteiger charge is 2.33. The predicted molar refractivity (Wildman–Crippen MR) is 89.0 cm³/mol. The number of halogens is 1. The van der Waals surface area contributed by atoms with Crippen LogP contribution in [0.25, 0.3) is 0 Å². The van der Waals surface area contributed by atoms with E-state index >= 15 is 0 Å². The molecule has 2 aliphatic heterocycles. The summed E-state index contributed by atoms with van der Waals surface area (Å²) in [6.07, 6.45) is 3.92. The van der Waals surface area contributed by atoms with E-state index in [1.54, 1.807) is 0 Å². The second-order valence-electron chi connectivity index (χ2n) is 6.84. The molecule has 2 saturated heterocycles.